The van der Waals surface area contributed by atoms with E-state index in [0.717, 1.165) is 36.7 Å². The zero-order valence-corrected chi connectivity index (χ0v) is 12.9. The molecule has 1 N–H and O–H groups in total. The Balaban J connectivity index is 1.71. The molecule has 1 aliphatic carbocycles. The van der Waals surface area contributed by atoms with Gasteiger partial charge in [0.25, 0.3) is 0 Å². The van der Waals surface area contributed by atoms with Crippen LogP contribution < -0.4 is 10.2 Å². The van der Waals surface area contributed by atoms with Gasteiger partial charge in [0.2, 0.25) is 5.95 Å². The summed E-state index contributed by atoms with van der Waals surface area (Å²) in [5.74, 6) is 1.64. The normalized spacial score (nSPS) is 26.9. The van der Waals surface area contributed by atoms with E-state index in [9.17, 15) is 0 Å². The molecule has 0 bridgehead atoms. The van der Waals surface area contributed by atoms with Gasteiger partial charge in [-0.05, 0) is 45.4 Å². The van der Waals surface area contributed by atoms with Gasteiger partial charge in [0.15, 0.2) is 0 Å². The molecule has 0 amide bonds. The predicted molar refractivity (Wildman–Crippen MR) is 81.8 cm³/mol. The van der Waals surface area contributed by atoms with E-state index in [1.165, 1.54) is 31.2 Å². The lowest BCUT2D eigenvalue weighted by Gasteiger charge is -2.38. The van der Waals surface area contributed by atoms with Crippen LogP contribution in [0.15, 0.2) is 6.20 Å². The lowest BCUT2D eigenvalue weighted by atomic mass is 9.92. The number of nitrogens with zero attached hydrogens (tertiary/aromatic N) is 3. The Morgan fingerprint density at radius 3 is 2.80 bits per heavy atom. The van der Waals surface area contributed by atoms with E-state index < -0.39 is 0 Å². The molecule has 1 aromatic heterocycles. The summed E-state index contributed by atoms with van der Waals surface area (Å²) in [5, 5.41) is 3.53. The average molecular weight is 274 g/mol. The maximum absolute atomic E-state index is 4.75. The molecule has 0 spiro atoms. The van der Waals surface area contributed by atoms with Crippen LogP contribution >= 0.6 is 0 Å². The second kappa shape index (κ2) is 5.68. The Morgan fingerprint density at radius 1 is 1.30 bits per heavy atom. The van der Waals surface area contributed by atoms with Crippen LogP contribution in [0.1, 0.15) is 50.8 Å². The first-order valence-corrected chi connectivity index (χ1v) is 7.97. The Kier molecular flexibility index (Phi) is 3.92. The first-order chi connectivity index (χ1) is 9.65. The third-order valence-corrected chi connectivity index (χ3v) is 4.86. The summed E-state index contributed by atoms with van der Waals surface area (Å²) in [4.78, 5) is 11.8. The summed E-state index contributed by atoms with van der Waals surface area (Å²) < 4.78 is 0. The van der Waals surface area contributed by atoms with Crippen molar-refractivity contribution in [3.8, 4) is 0 Å². The molecule has 2 aliphatic rings. The average Bonchev–Trinajstić information content (AvgIpc) is 3.25. The van der Waals surface area contributed by atoms with Gasteiger partial charge in [0, 0.05) is 42.6 Å². The van der Waals surface area contributed by atoms with Gasteiger partial charge in [-0.3, -0.25) is 0 Å². The first kappa shape index (κ1) is 13.8. The summed E-state index contributed by atoms with van der Waals surface area (Å²) in [6.07, 6.45) is 7.22. The van der Waals surface area contributed by atoms with Crippen LogP contribution in [0.3, 0.4) is 0 Å². The van der Waals surface area contributed by atoms with Crippen molar-refractivity contribution in [1.82, 2.24) is 15.3 Å². The highest BCUT2D eigenvalue weighted by Gasteiger charge is 2.27. The number of hydrogen-bond acceptors (Lipinski definition) is 4. The van der Waals surface area contributed by atoms with Gasteiger partial charge >= 0.3 is 0 Å². The summed E-state index contributed by atoms with van der Waals surface area (Å²) >= 11 is 0. The number of nitrogens with one attached hydrogen (secondary N) is 1. The minimum atomic E-state index is 0.540. The molecule has 2 heterocycles. The zero-order chi connectivity index (χ0) is 14.1. The second-order valence-corrected chi connectivity index (χ2v) is 6.49. The molecule has 4 nitrogen and oxygen atoms in total. The molecular weight excluding hydrogens is 248 g/mol. The molecule has 2 atom stereocenters. The minimum absolute atomic E-state index is 0.540. The molecule has 0 radical (unpaired) electrons. The molecule has 0 aromatic carbocycles. The molecule has 4 heteroatoms. The van der Waals surface area contributed by atoms with E-state index in [1.54, 1.807) is 0 Å². The van der Waals surface area contributed by atoms with Crippen LogP contribution in [-0.2, 0) is 6.54 Å². The Bertz CT molecular complexity index is 470. The lowest BCUT2D eigenvalue weighted by Crippen LogP contribution is -2.43. The van der Waals surface area contributed by atoms with Crippen LogP contribution in [0, 0.1) is 12.8 Å². The van der Waals surface area contributed by atoms with Crippen molar-refractivity contribution in [3.63, 3.8) is 0 Å². The fourth-order valence-electron chi connectivity index (χ4n) is 2.95. The van der Waals surface area contributed by atoms with Gasteiger partial charge in [-0.1, -0.05) is 6.92 Å². The summed E-state index contributed by atoms with van der Waals surface area (Å²) in [7, 11) is 0. The van der Waals surface area contributed by atoms with Gasteiger partial charge in [0.1, 0.15) is 0 Å². The topological polar surface area (TPSA) is 41.1 Å². The van der Waals surface area contributed by atoms with Crippen LogP contribution in [0.25, 0.3) is 0 Å². The maximum atomic E-state index is 4.75. The molecule has 20 heavy (non-hydrogen) atoms. The quantitative estimate of drug-likeness (QED) is 0.916. The van der Waals surface area contributed by atoms with E-state index in [2.05, 4.69) is 36.0 Å². The second-order valence-electron chi connectivity index (χ2n) is 6.49. The summed E-state index contributed by atoms with van der Waals surface area (Å²) in [6.45, 7) is 8.73. The highest BCUT2D eigenvalue weighted by Crippen LogP contribution is 2.26. The molecule has 1 saturated carbocycles. The van der Waals surface area contributed by atoms with Crippen LogP contribution in [0.5, 0.6) is 0 Å². The van der Waals surface area contributed by atoms with E-state index in [-0.39, 0.29) is 0 Å². The van der Waals surface area contributed by atoms with Gasteiger partial charge in [0.05, 0.1) is 0 Å². The van der Waals surface area contributed by atoms with E-state index in [0.29, 0.717) is 6.04 Å². The molecule has 2 unspecified atom stereocenters. The van der Waals surface area contributed by atoms with Crippen LogP contribution in [0.4, 0.5) is 5.95 Å². The lowest BCUT2D eigenvalue weighted by molar-refractivity contribution is 0.359. The molecule has 3 rings (SSSR count). The van der Waals surface area contributed by atoms with Crippen molar-refractivity contribution in [3.05, 3.63) is 17.5 Å². The van der Waals surface area contributed by atoms with Crippen LogP contribution in [0.2, 0.25) is 0 Å². The van der Waals surface area contributed by atoms with Crippen molar-refractivity contribution in [2.24, 2.45) is 5.92 Å². The highest BCUT2D eigenvalue weighted by molar-refractivity contribution is 5.35. The van der Waals surface area contributed by atoms with E-state index in [4.69, 9.17) is 4.98 Å². The number of piperidine rings is 1. The first-order valence-electron chi connectivity index (χ1n) is 7.97. The van der Waals surface area contributed by atoms with E-state index >= 15 is 0 Å². The number of anilines is 1. The summed E-state index contributed by atoms with van der Waals surface area (Å²) in [6, 6.07) is 1.27. The van der Waals surface area contributed by atoms with Gasteiger partial charge in [-0.25, -0.2) is 9.97 Å². The fraction of sp³-hybridized carbons (Fsp3) is 0.750. The van der Waals surface area contributed by atoms with Crippen molar-refractivity contribution in [1.29, 1.82) is 0 Å². The standard InChI is InChI=1S/C16H26N4/c1-11-5-4-8-20(13(11)3)16-18-10-14(12(2)19-16)9-17-15-6-7-15/h10-11,13,15,17H,4-9H2,1-3H3. The largest absolute Gasteiger partial charge is 0.338 e. The van der Waals surface area contributed by atoms with Crippen molar-refractivity contribution in [2.75, 3.05) is 11.4 Å². The van der Waals surface area contributed by atoms with E-state index in [1.807, 2.05) is 6.20 Å². The third-order valence-electron chi connectivity index (χ3n) is 4.86. The SMILES string of the molecule is Cc1nc(N2CCCC(C)C2C)ncc1CNC1CC1. The number of aryl methyl sites for hydroxylation is 1. The van der Waals surface area contributed by atoms with Crippen molar-refractivity contribution < 1.29 is 0 Å². The molecule has 2 fully saturated rings. The molecular formula is C16H26N4. The Hall–Kier alpha value is -1.16. The van der Waals surface area contributed by atoms with Gasteiger partial charge < -0.3 is 10.2 Å². The Labute approximate surface area is 122 Å². The van der Waals surface area contributed by atoms with Gasteiger partial charge in [-0.15, -0.1) is 0 Å². The summed E-state index contributed by atoms with van der Waals surface area (Å²) in [5.41, 5.74) is 2.35. The fourth-order valence-corrected chi connectivity index (χ4v) is 2.95. The van der Waals surface area contributed by atoms with Crippen molar-refractivity contribution >= 4 is 5.95 Å². The molecule has 1 saturated heterocycles. The monoisotopic (exact) mass is 274 g/mol. The van der Waals surface area contributed by atoms with Crippen LogP contribution in [-0.4, -0.2) is 28.6 Å². The number of aromatic nitrogens is 2. The van der Waals surface area contributed by atoms with Crippen molar-refractivity contribution in [2.45, 2.75) is 65.1 Å². The third kappa shape index (κ3) is 2.95. The molecule has 110 valence electrons. The molecule has 1 aromatic rings. The maximum Gasteiger partial charge on any atom is 0.225 e. The minimum Gasteiger partial charge on any atom is -0.338 e. The number of rotatable bonds is 4. The highest BCUT2D eigenvalue weighted by atomic mass is 15.3. The molecule has 1 aliphatic heterocycles. The zero-order valence-electron chi connectivity index (χ0n) is 12.9. The smallest absolute Gasteiger partial charge is 0.225 e. The number of hydrogen-bond donors (Lipinski definition) is 1. The predicted octanol–water partition coefficient (Wildman–Crippen LogP) is 2.66. The van der Waals surface area contributed by atoms with Gasteiger partial charge in [-0.2, -0.15) is 0 Å². The Morgan fingerprint density at radius 2 is 2.10 bits per heavy atom.